The van der Waals surface area contributed by atoms with Crippen molar-refractivity contribution in [2.75, 3.05) is 14.1 Å². The molecule has 62 valence electrons. The van der Waals surface area contributed by atoms with Gasteiger partial charge in [0.15, 0.2) is 0 Å². The van der Waals surface area contributed by atoms with Gasteiger partial charge >= 0.3 is 0 Å². The van der Waals surface area contributed by atoms with E-state index >= 15 is 0 Å². The van der Waals surface area contributed by atoms with E-state index in [1.54, 1.807) is 0 Å². The number of hydrogen-bond donors (Lipinski definition) is 0. The summed E-state index contributed by atoms with van der Waals surface area (Å²) < 4.78 is 0.958. The normalized spacial score (nSPS) is 20.5. The van der Waals surface area contributed by atoms with Crippen molar-refractivity contribution >= 4 is 0 Å². The second kappa shape index (κ2) is 3.22. The molecule has 1 heteroatoms. The molecule has 0 amide bonds. The second-order valence-electron chi connectivity index (χ2n) is 3.64. The van der Waals surface area contributed by atoms with Crippen LogP contribution >= 0.6 is 0 Å². The molecule has 0 spiro atoms. The van der Waals surface area contributed by atoms with Crippen LogP contribution in [0.5, 0.6) is 0 Å². The highest BCUT2D eigenvalue weighted by Gasteiger charge is 2.21. The standard InChI is InChI=1S/C10H18N/c1-4-5-7-10-8-6-9-11(10,2)3/h6,8-9H,4-5,7H2,1-3H3/q+1. The van der Waals surface area contributed by atoms with Crippen LogP contribution in [0.25, 0.3) is 0 Å². The molecule has 0 aliphatic carbocycles. The molecule has 1 aliphatic rings. The third-order valence-corrected chi connectivity index (χ3v) is 2.27. The van der Waals surface area contributed by atoms with E-state index in [0.717, 1.165) is 4.48 Å². The van der Waals surface area contributed by atoms with Crippen LogP contribution in [0, 0.1) is 0 Å². The lowest BCUT2D eigenvalue weighted by molar-refractivity contribution is -0.797. The summed E-state index contributed by atoms with van der Waals surface area (Å²) in [6.45, 7) is 2.24. The maximum Gasteiger partial charge on any atom is 0.113 e. The van der Waals surface area contributed by atoms with Crippen molar-refractivity contribution in [3.63, 3.8) is 0 Å². The third kappa shape index (κ3) is 1.93. The molecule has 0 unspecified atom stereocenters. The van der Waals surface area contributed by atoms with E-state index in [0.29, 0.717) is 0 Å². The molecule has 1 rings (SSSR count). The fourth-order valence-electron chi connectivity index (χ4n) is 1.39. The molecular formula is C10H18N+. The van der Waals surface area contributed by atoms with Crippen molar-refractivity contribution in [2.24, 2.45) is 0 Å². The number of rotatable bonds is 3. The van der Waals surface area contributed by atoms with Crippen molar-refractivity contribution in [2.45, 2.75) is 26.2 Å². The van der Waals surface area contributed by atoms with Gasteiger partial charge in [-0.3, -0.25) is 4.48 Å². The summed E-state index contributed by atoms with van der Waals surface area (Å²) in [4.78, 5) is 0. The molecule has 0 saturated carbocycles. The molecular weight excluding hydrogens is 134 g/mol. The van der Waals surface area contributed by atoms with Crippen LogP contribution < -0.4 is 0 Å². The van der Waals surface area contributed by atoms with Gasteiger partial charge in [0.25, 0.3) is 0 Å². The summed E-state index contributed by atoms with van der Waals surface area (Å²) in [5.74, 6) is 0. The summed E-state index contributed by atoms with van der Waals surface area (Å²) in [7, 11) is 4.45. The molecule has 0 aromatic heterocycles. The summed E-state index contributed by atoms with van der Waals surface area (Å²) in [5.41, 5.74) is 1.53. The number of nitrogens with zero attached hydrogens (tertiary/aromatic N) is 1. The Labute approximate surface area is 69.6 Å². The first-order valence-corrected chi connectivity index (χ1v) is 4.39. The first kappa shape index (κ1) is 8.54. The minimum Gasteiger partial charge on any atom is -0.273 e. The first-order chi connectivity index (χ1) is 5.17. The fourth-order valence-corrected chi connectivity index (χ4v) is 1.39. The van der Waals surface area contributed by atoms with Gasteiger partial charge in [-0.2, -0.15) is 0 Å². The van der Waals surface area contributed by atoms with Crippen LogP contribution in [0.15, 0.2) is 24.0 Å². The van der Waals surface area contributed by atoms with E-state index in [4.69, 9.17) is 0 Å². The Kier molecular flexibility index (Phi) is 2.50. The topological polar surface area (TPSA) is 0 Å². The smallest absolute Gasteiger partial charge is 0.113 e. The number of hydrogen-bond acceptors (Lipinski definition) is 0. The zero-order valence-corrected chi connectivity index (χ0v) is 7.80. The molecule has 0 atom stereocenters. The summed E-state index contributed by atoms with van der Waals surface area (Å²) in [5, 5.41) is 0. The lowest BCUT2D eigenvalue weighted by Crippen LogP contribution is -2.29. The Bertz CT molecular complexity index is 187. The number of allylic oxidation sites excluding steroid dienone is 3. The molecule has 11 heavy (non-hydrogen) atoms. The van der Waals surface area contributed by atoms with E-state index in [1.165, 1.54) is 25.0 Å². The van der Waals surface area contributed by atoms with Gasteiger partial charge in [-0.15, -0.1) is 0 Å². The van der Waals surface area contributed by atoms with Gasteiger partial charge in [-0.05, 0) is 12.5 Å². The minimum absolute atomic E-state index is 0.958. The molecule has 1 heterocycles. The first-order valence-electron chi connectivity index (χ1n) is 4.39. The van der Waals surface area contributed by atoms with Crippen LogP contribution in [-0.4, -0.2) is 18.6 Å². The second-order valence-corrected chi connectivity index (χ2v) is 3.64. The van der Waals surface area contributed by atoms with Gasteiger partial charge in [0.1, 0.15) is 11.9 Å². The van der Waals surface area contributed by atoms with Crippen molar-refractivity contribution in [1.29, 1.82) is 0 Å². The van der Waals surface area contributed by atoms with Crippen LogP contribution in [0.3, 0.4) is 0 Å². The van der Waals surface area contributed by atoms with Crippen molar-refractivity contribution in [1.82, 2.24) is 0 Å². The van der Waals surface area contributed by atoms with Crippen LogP contribution in [0.1, 0.15) is 26.2 Å². The predicted octanol–water partition coefficient (Wildman–Crippen LogP) is 2.66. The van der Waals surface area contributed by atoms with Crippen molar-refractivity contribution < 1.29 is 4.48 Å². The van der Waals surface area contributed by atoms with Crippen molar-refractivity contribution in [3.05, 3.63) is 24.0 Å². The highest BCUT2D eigenvalue weighted by Crippen LogP contribution is 2.23. The number of unbranched alkanes of at least 4 members (excludes halogenated alkanes) is 1. The van der Waals surface area contributed by atoms with E-state index in [9.17, 15) is 0 Å². The van der Waals surface area contributed by atoms with E-state index in [-0.39, 0.29) is 0 Å². The predicted molar refractivity (Wildman–Crippen MR) is 48.9 cm³/mol. The molecule has 0 saturated heterocycles. The van der Waals surface area contributed by atoms with Gasteiger partial charge in [0.2, 0.25) is 0 Å². The quantitative estimate of drug-likeness (QED) is 0.545. The van der Waals surface area contributed by atoms with Gasteiger partial charge < -0.3 is 0 Å². The average Bonchev–Trinajstić information content (AvgIpc) is 2.25. The summed E-state index contributed by atoms with van der Waals surface area (Å²) >= 11 is 0. The summed E-state index contributed by atoms with van der Waals surface area (Å²) in [6, 6.07) is 0. The van der Waals surface area contributed by atoms with Gasteiger partial charge in [-0.1, -0.05) is 13.3 Å². The van der Waals surface area contributed by atoms with E-state index in [1.807, 2.05) is 0 Å². The highest BCUT2D eigenvalue weighted by atomic mass is 15.3. The van der Waals surface area contributed by atoms with Crippen LogP contribution in [-0.2, 0) is 0 Å². The average molecular weight is 152 g/mol. The Morgan fingerprint density at radius 2 is 2.09 bits per heavy atom. The van der Waals surface area contributed by atoms with E-state index in [2.05, 4.69) is 39.4 Å². The van der Waals surface area contributed by atoms with Crippen LogP contribution in [0.4, 0.5) is 0 Å². The van der Waals surface area contributed by atoms with Crippen molar-refractivity contribution in [3.8, 4) is 0 Å². The lowest BCUT2D eigenvalue weighted by atomic mass is 10.2. The Morgan fingerprint density at radius 1 is 1.36 bits per heavy atom. The molecule has 0 bridgehead atoms. The molecule has 0 aromatic rings. The zero-order chi connectivity index (χ0) is 8.32. The third-order valence-electron chi connectivity index (χ3n) is 2.27. The largest absolute Gasteiger partial charge is 0.273 e. The Morgan fingerprint density at radius 3 is 2.55 bits per heavy atom. The Balaban J connectivity index is 2.48. The maximum atomic E-state index is 2.25. The molecule has 0 N–H and O–H groups in total. The highest BCUT2D eigenvalue weighted by molar-refractivity contribution is 5.12. The van der Waals surface area contributed by atoms with E-state index < -0.39 is 0 Å². The van der Waals surface area contributed by atoms with Gasteiger partial charge in [-0.25, -0.2) is 0 Å². The zero-order valence-electron chi connectivity index (χ0n) is 7.80. The molecule has 1 nitrogen and oxygen atoms in total. The molecule has 1 aliphatic heterocycles. The van der Waals surface area contributed by atoms with Crippen LogP contribution in [0.2, 0.25) is 0 Å². The Hall–Kier alpha value is -0.560. The fraction of sp³-hybridized carbons (Fsp3) is 0.600. The monoisotopic (exact) mass is 152 g/mol. The molecule has 0 fully saturated rings. The SMILES string of the molecule is CCCCC1=CC=C[N+]1(C)C. The minimum atomic E-state index is 0.958. The van der Waals surface area contributed by atoms with Gasteiger partial charge in [0.05, 0.1) is 14.1 Å². The molecule has 0 aromatic carbocycles. The maximum absolute atomic E-state index is 2.25. The summed E-state index contributed by atoms with van der Waals surface area (Å²) in [6.07, 6.45) is 10.5. The number of quaternary nitrogens is 1. The van der Waals surface area contributed by atoms with Gasteiger partial charge in [0, 0.05) is 12.5 Å². The lowest BCUT2D eigenvalue weighted by Gasteiger charge is -2.23. The molecule has 0 radical (unpaired) electrons.